The van der Waals surface area contributed by atoms with Gasteiger partial charge in [0.1, 0.15) is 5.75 Å². The van der Waals surface area contributed by atoms with Gasteiger partial charge in [0, 0.05) is 14.1 Å². The highest BCUT2D eigenvalue weighted by atomic mass is 32.2. The van der Waals surface area contributed by atoms with Crippen LogP contribution in [-0.4, -0.2) is 62.6 Å². The maximum atomic E-state index is 12.6. The Morgan fingerprint density at radius 3 is 2.38 bits per heavy atom. The Kier molecular flexibility index (Phi) is 5.76. The number of amides is 1. The molecule has 1 aromatic carbocycles. The van der Waals surface area contributed by atoms with Crippen LogP contribution >= 0.6 is 0 Å². The molecule has 2 rings (SSSR count). The molecule has 9 heteroatoms. The number of carbonyl (C=O) groups excluding carboxylic acids is 1. The molecule has 0 bridgehead atoms. The quantitative estimate of drug-likeness (QED) is 0.714. The first-order valence-electron chi connectivity index (χ1n) is 7.41. The van der Waals surface area contributed by atoms with Gasteiger partial charge in [0.25, 0.3) is 0 Å². The standard InChI is InChI=1S/C15H20F2N2O4S/c1-18(2)19(12-7-8-24(21,22)10-12)14(20)9-11-3-5-13(6-4-11)23-15(16)17/h3-6,12,15H,7-10H2,1-2H3. The zero-order valence-corrected chi connectivity index (χ0v) is 14.3. The van der Waals surface area contributed by atoms with E-state index in [1.165, 1.54) is 29.3 Å². The third-order valence-corrected chi connectivity index (χ3v) is 5.49. The molecule has 1 fully saturated rings. The zero-order valence-electron chi connectivity index (χ0n) is 13.5. The number of benzene rings is 1. The van der Waals surface area contributed by atoms with Crippen LogP contribution in [0.3, 0.4) is 0 Å². The number of hydrogen-bond acceptors (Lipinski definition) is 5. The van der Waals surface area contributed by atoms with Gasteiger partial charge in [0.15, 0.2) is 9.84 Å². The maximum Gasteiger partial charge on any atom is 0.387 e. The van der Waals surface area contributed by atoms with Crippen molar-refractivity contribution in [2.45, 2.75) is 25.5 Å². The van der Waals surface area contributed by atoms with Crippen LogP contribution in [0, 0.1) is 0 Å². The number of carbonyl (C=O) groups is 1. The summed E-state index contributed by atoms with van der Waals surface area (Å²) in [6.07, 6.45) is 0.455. The van der Waals surface area contributed by atoms with E-state index in [1.807, 2.05) is 0 Å². The highest BCUT2D eigenvalue weighted by Gasteiger charge is 2.35. The summed E-state index contributed by atoms with van der Waals surface area (Å²) in [7, 11) is 0.260. The molecule has 0 aromatic heterocycles. The van der Waals surface area contributed by atoms with E-state index in [2.05, 4.69) is 4.74 Å². The lowest BCUT2D eigenvalue weighted by molar-refractivity contribution is -0.148. The number of hydrazine groups is 1. The van der Waals surface area contributed by atoms with Crippen LogP contribution in [0.25, 0.3) is 0 Å². The maximum absolute atomic E-state index is 12.6. The van der Waals surface area contributed by atoms with Crippen LogP contribution in [0.2, 0.25) is 0 Å². The largest absolute Gasteiger partial charge is 0.435 e. The van der Waals surface area contributed by atoms with Gasteiger partial charge >= 0.3 is 6.61 Å². The van der Waals surface area contributed by atoms with Crippen molar-refractivity contribution in [3.63, 3.8) is 0 Å². The van der Waals surface area contributed by atoms with Gasteiger partial charge in [-0.1, -0.05) is 12.1 Å². The summed E-state index contributed by atoms with van der Waals surface area (Å²) in [6.45, 7) is -2.90. The minimum atomic E-state index is -3.11. The van der Waals surface area contributed by atoms with Crippen molar-refractivity contribution in [1.29, 1.82) is 0 Å². The molecule has 1 unspecified atom stereocenters. The molecule has 0 spiro atoms. The topological polar surface area (TPSA) is 66.9 Å². The second-order valence-electron chi connectivity index (χ2n) is 5.84. The van der Waals surface area contributed by atoms with Crippen LogP contribution in [0.15, 0.2) is 24.3 Å². The van der Waals surface area contributed by atoms with Gasteiger partial charge in [-0.15, -0.1) is 0 Å². The van der Waals surface area contributed by atoms with Gasteiger partial charge in [-0.2, -0.15) is 8.78 Å². The molecule has 0 saturated carbocycles. The van der Waals surface area contributed by atoms with Crippen LogP contribution in [0.5, 0.6) is 5.75 Å². The molecular weight excluding hydrogens is 342 g/mol. The molecule has 0 aliphatic carbocycles. The smallest absolute Gasteiger partial charge is 0.387 e. The minimum absolute atomic E-state index is 0.0209. The molecular formula is C15H20F2N2O4S. The lowest BCUT2D eigenvalue weighted by Gasteiger charge is -2.33. The Balaban J connectivity index is 2.05. The second kappa shape index (κ2) is 7.43. The van der Waals surface area contributed by atoms with Crippen LogP contribution < -0.4 is 4.74 Å². The monoisotopic (exact) mass is 362 g/mol. The third-order valence-electron chi connectivity index (χ3n) is 3.74. The summed E-state index contributed by atoms with van der Waals surface area (Å²) in [5, 5.41) is 3.04. The van der Waals surface area contributed by atoms with Gasteiger partial charge < -0.3 is 4.74 Å². The predicted molar refractivity (Wildman–Crippen MR) is 84.4 cm³/mol. The molecule has 0 radical (unpaired) electrons. The van der Waals surface area contributed by atoms with Crippen molar-refractivity contribution in [3.05, 3.63) is 29.8 Å². The van der Waals surface area contributed by atoms with Crippen LogP contribution in [0.4, 0.5) is 8.78 Å². The van der Waals surface area contributed by atoms with E-state index in [4.69, 9.17) is 0 Å². The number of sulfone groups is 1. The van der Waals surface area contributed by atoms with E-state index in [-0.39, 0.29) is 35.6 Å². The van der Waals surface area contributed by atoms with E-state index >= 15 is 0 Å². The van der Waals surface area contributed by atoms with E-state index in [0.29, 0.717) is 12.0 Å². The second-order valence-corrected chi connectivity index (χ2v) is 8.07. The first kappa shape index (κ1) is 18.6. The number of hydrogen-bond donors (Lipinski definition) is 0. The molecule has 134 valence electrons. The first-order chi connectivity index (χ1) is 11.2. The lowest BCUT2D eigenvalue weighted by atomic mass is 10.1. The summed E-state index contributed by atoms with van der Waals surface area (Å²) in [6, 6.07) is 5.44. The van der Waals surface area contributed by atoms with Gasteiger partial charge in [-0.3, -0.25) is 9.80 Å². The molecule has 1 amide bonds. The average molecular weight is 362 g/mol. The summed E-state index contributed by atoms with van der Waals surface area (Å²) in [4.78, 5) is 12.6. The minimum Gasteiger partial charge on any atom is -0.435 e. The number of halogens is 2. The fourth-order valence-electron chi connectivity index (χ4n) is 2.77. The summed E-state index contributed by atoms with van der Waals surface area (Å²) >= 11 is 0. The fraction of sp³-hybridized carbons (Fsp3) is 0.533. The highest BCUT2D eigenvalue weighted by molar-refractivity contribution is 7.91. The van der Waals surface area contributed by atoms with Gasteiger partial charge in [-0.05, 0) is 24.1 Å². The van der Waals surface area contributed by atoms with E-state index < -0.39 is 16.4 Å². The predicted octanol–water partition coefficient (Wildman–Crippen LogP) is 1.32. The molecule has 0 N–H and O–H groups in total. The molecule has 1 atom stereocenters. The molecule has 24 heavy (non-hydrogen) atoms. The number of nitrogens with zero attached hydrogens (tertiary/aromatic N) is 2. The van der Waals surface area contributed by atoms with Crippen molar-refractivity contribution in [2.75, 3.05) is 25.6 Å². The molecule has 1 aliphatic heterocycles. The normalized spacial score (nSPS) is 19.7. The van der Waals surface area contributed by atoms with Crippen molar-refractivity contribution in [2.24, 2.45) is 0 Å². The fourth-order valence-corrected chi connectivity index (χ4v) is 4.46. The Labute approximate surface area is 139 Å². The Hall–Kier alpha value is -1.74. The Morgan fingerprint density at radius 2 is 1.92 bits per heavy atom. The summed E-state index contributed by atoms with van der Waals surface area (Å²) < 4.78 is 51.8. The summed E-state index contributed by atoms with van der Waals surface area (Å²) in [5.41, 5.74) is 0.634. The van der Waals surface area contributed by atoms with Crippen molar-refractivity contribution in [1.82, 2.24) is 10.0 Å². The molecule has 6 nitrogen and oxygen atoms in total. The van der Waals surface area contributed by atoms with Crippen molar-refractivity contribution < 1.29 is 26.7 Å². The first-order valence-corrected chi connectivity index (χ1v) is 9.23. The van der Waals surface area contributed by atoms with E-state index in [9.17, 15) is 22.0 Å². The number of ether oxygens (including phenoxy) is 1. The SMILES string of the molecule is CN(C)N(C(=O)Cc1ccc(OC(F)F)cc1)C1CCS(=O)(=O)C1. The molecule has 1 aromatic rings. The molecule has 1 saturated heterocycles. The number of alkyl halides is 2. The third kappa shape index (κ3) is 4.88. The summed E-state index contributed by atoms with van der Waals surface area (Å²) in [5.74, 6) is -0.190. The van der Waals surface area contributed by atoms with Crippen molar-refractivity contribution in [3.8, 4) is 5.75 Å². The number of rotatable bonds is 6. The van der Waals surface area contributed by atoms with Gasteiger partial charge in [0.05, 0.1) is 24.0 Å². The van der Waals surface area contributed by atoms with Crippen LogP contribution in [0.1, 0.15) is 12.0 Å². The Morgan fingerprint density at radius 1 is 1.29 bits per heavy atom. The highest BCUT2D eigenvalue weighted by Crippen LogP contribution is 2.21. The zero-order chi connectivity index (χ0) is 17.9. The van der Waals surface area contributed by atoms with E-state index in [0.717, 1.165) is 0 Å². The van der Waals surface area contributed by atoms with Crippen LogP contribution in [-0.2, 0) is 21.1 Å². The van der Waals surface area contributed by atoms with Gasteiger partial charge in [-0.25, -0.2) is 13.4 Å². The molecule has 1 heterocycles. The lowest BCUT2D eigenvalue weighted by Crippen LogP contribution is -2.49. The van der Waals surface area contributed by atoms with Crippen molar-refractivity contribution >= 4 is 15.7 Å². The van der Waals surface area contributed by atoms with Gasteiger partial charge in [0.2, 0.25) is 5.91 Å². The Bertz CT molecular complexity index is 677. The molecule has 1 aliphatic rings. The average Bonchev–Trinajstić information content (AvgIpc) is 2.80. The van der Waals surface area contributed by atoms with E-state index in [1.54, 1.807) is 19.1 Å².